The van der Waals surface area contributed by atoms with Crippen molar-refractivity contribution >= 4 is 0 Å². The minimum atomic E-state index is -0.429. The van der Waals surface area contributed by atoms with Crippen LogP contribution in [0, 0.1) is 40.4 Å². The van der Waals surface area contributed by atoms with Crippen molar-refractivity contribution in [2.24, 2.45) is 40.4 Å². The number of nitrogens with one attached hydrogen (secondary N) is 3. The summed E-state index contributed by atoms with van der Waals surface area (Å²) in [4.78, 5) is 0. The zero-order valence-electron chi connectivity index (χ0n) is 22.9. The first-order valence-electron chi connectivity index (χ1n) is 14.6. The second kappa shape index (κ2) is 10.7. The molecule has 3 aliphatic carbocycles. The van der Waals surface area contributed by atoms with Crippen molar-refractivity contribution < 1.29 is 10.2 Å². The Morgan fingerprint density at radius 3 is 1.32 bits per heavy atom. The van der Waals surface area contributed by atoms with Crippen LogP contribution >= 0.6 is 0 Å². The van der Waals surface area contributed by atoms with Gasteiger partial charge in [-0.1, -0.05) is 41.5 Å². The van der Waals surface area contributed by atoms with Crippen LogP contribution in [0.15, 0.2) is 0 Å². The topological polar surface area (TPSA) is 76.5 Å². The van der Waals surface area contributed by atoms with Gasteiger partial charge in [0.1, 0.15) is 0 Å². The molecule has 5 heteroatoms. The Hall–Kier alpha value is -0.200. The van der Waals surface area contributed by atoms with Gasteiger partial charge < -0.3 is 10.2 Å². The first-order chi connectivity index (χ1) is 15.9. The number of rotatable bonds is 3. The summed E-state index contributed by atoms with van der Waals surface area (Å²) in [5, 5.41) is 32.8. The van der Waals surface area contributed by atoms with Gasteiger partial charge in [0, 0.05) is 5.92 Å². The third kappa shape index (κ3) is 6.37. The van der Waals surface area contributed by atoms with Crippen molar-refractivity contribution in [2.75, 3.05) is 0 Å². The van der Waals surface area contributed by atoms with Crippen LogP contribution in [-0.2, 0) is 0 Å². The van der Waals surface area contributed by atoms with Crippen LogP contribution in [0.1, 0.15) is 112 Å². The maximum absolute atomic E-state index is 10.9. The summed E-state index contributed by atoms with van der Waals surface area (Å²) in [6.45, 7) is 14.4. The first kappa shape index (κ1) is 26.9. The minimum Gasteiger partial charge on any atom is -0.393 e. The zero-order chi connectivity index (χ0) is 24.7. The molecule has 1 heterocycles. The van der Waals surface area contributed by atoms with Crippen LogP contribution in [0.2, 0.25) is 0 Å². The first-order valence-corrected chi connectivity index (χ1v) is 14.6. The predicted molar refractivity (Wildman–Crippen MR) is 140 cm³/mol. The van der Waals surface area contributed by atoms with E-state index < -0.39 is 6.10 Å². The monoisotopic (exact) mass is 477 g/mol. The summed E-state index contributed by atoms with van der Waals surface area (Å²) in [6, 6.07) is 0. The maximum Gasteiger partial charge on any atom is 0.0649 e. The lowest BCUT2D eigenvalue weighted by molar-refractivity contribution is -0.0390. The second-order valence-corrected chi connectivity index (χ2v) is 14.6. The smallest absolute Gasteiger partial charge is 0.0649 e. The van der Waals surface area contributed by atoms with E-state index in [9.17, 15) is 10.2 Å². The molecule has 0 aromatic rings. The van der Waals surface area contributed by atoms with Crippen LogP contribution in [0.25, 0.3) is 0 Å². The molecule has 4 fully saturated rings. The lowest BCUT2D eigenvalue weighted by atomic mass is 9.68. The van der Waals surface area contributed by atoms with Crippen molar-refractivity contribution in [1.82, 2.24) is 16.0 Å². The number of aliphatic hydroxyl groups excluding tert-OH is 2. The quantitative estimate of drug-likeness (QED) is 0.397. The Balaban J connectivity index is 1.44. The van der Waals surface area contributed by atoms with Crippen LogP contribution in [-0.4, -0.2) is 40.9 Å². The Morgan fingerprint density at radius 1 is 0.529 bits per heavy atom. The molecule has 34 heavy (non-hydrogen) atoms. The summed E-state index contributed by atoms with van der Waals surface area (Å²) in [5.74, 6) is 3.14. The van der Waals surface area contributed by atoms with Crippen molar-refractivity contribution in [3.05, 3.63) is 0 Å². The molecule has 0 aromatic heterocycles. The van der Waals surface area contributed by atoms with Gasteiger partial charge in [-0.3, -0.25) is 16.0 Å². The van der Waals surface area contributed by atoms with Gasteiger partial charge in [0.15, 0.2) is 0 Å². The Bertz CT molecular complexity index is 599. The second-order valence-electron chi connectivity index (χ2n) is 14.6. The molecule has 1 aliphatic heterocycles. The van der Waals surface area contributed by atoms with Crippen LogP contribution in [0.5, 0.6) is 0 Å². The van der Waals surface area contributed by atoms with E-state index in [2.05, 4.69) is 57.5 Å². The van der Waals surface area contributed by atoms with Crippen molar-refractivity contribution in [1.29, 1.82) is 0 Å². The van der Waals surface area contributed by atoms with E-state index in [4.69, 9.17) is 0 Å². The molecule has 5 atom stereocenters. The Labute approximate surface area is 209 Å². The zero-order valence-corrected chi connectivity index (χ0v) is 22.9. The molecule has 4 aliphatic rings. The summed E-state index contributed by atoms with van der Waals surface area (Å²) < 4.78 is 0. The average molecular weight is 478 g/mol. The molecule has 5 nitrogen and oxygen atoms in total. The summed E-state index contributed by atoms with van der Waals surface area (Å²) >= 11 is 0. The molecule has 5 unspecified atom stereocenters. The van der Waals surface area contributed by atoms with Crippen molar-refractivity contribution in [3.8, 4) is 0 Å². The minimum absolute atomic E-state index is 0.124. The fourth-order valence-electron chi connectivity index (χ4n) is 7.69. The van der Waals surface area contributed by atoms with Crippen molar-refractivity contribution in [2.45, 2.75) is 143 Å². The van der Waals surface area contributed by atoms with E-state index in [0.29, 0.717) is 41.4 Å². The third-order valence-electron chi connectivity index (χ3n) is 10.3. The largest absolute Gasteiger partial charge is 0.393 e. The highest BCUT2D eigenvalue weighted by atomic mass is 16.3. The molecule has 0 spiro atoms. The van der Waals surface area contributed by atoms with E-state index in [1.807, 2.05) is 0 Å². The van der Waals surface area contributed by atoms with E-state index >= 15 is 0 Å². The number of hydrogen-bond acceptors (Lipinski definition) is 5. The predicted octanol–water partition coefficient (Wildman–Crippen LogP) is 4.97. The fraction of sp³-hybridized carbons (Fsp3) is 1.00. The molecule has 1 saturated heterocycles. The number of hydrogen-bond donors (Lipinski definition) is 5. The van der Waals surface area contributed by atoms with Gasteiger partial charge >= 0.3 is 0 Å². The highest BCUT2D eigenvalue weighted by Gasteiger charge is 2.44. The fourth-order valence-corrected chi connectivity index (χ4v) is 7.69. The van der Waals surface area contributed by atoms with Gasteiger partial charge in [0.2, 0.25) is 0 Å². The molecule has 0 aromatic carbocycles. The highest BCUT2D eigenvalue weighted by molar-refractivity contribution is 4.98. The van der Waals surface area contributed by atoms with Gasteiger partial charge in [-0.15, -0.1) is 0 Å². The Morgan fingerprint density at radius 2 is 0.941 bits per heavy atom. The Kier molecular flexibility index (Phi) is 8.41. The maximum atomic E-state index is 10.9. The molecule has 3 saturated carbocycles. The molecule has 198 valence electrons. The van der Waals surface area contributed by atoms with Gasteiger partial charge in [-0.25, -0.2) is 0 Å². The number of aliphatic hydroxyl groups is 2. The standard InChI is InChI=1S/C29H55N3O2/c1-28(2,3)20-11-7-18(8-12-20)25-30-26(19-9-13-21(14-10-19)29(4,5)6)32-27(31-25)23-16-15-22(33)17-24(23)34/h18-27,30-34H,7-17H2,1-6H3. The third-order valence-corrected chi connectivity index (χ3v) is 10.3. The molecule has 5 N–H and O–H groups in total. The van der Waals surface area contributed by atoms with Crippen LogP contribution in [0.4, 0.5) is 0 Å². The molecular weight excluding hydrogens is 422 g/mol. The molecule has 4 rings (SSSR count). The summed E-state index contributed by atoms with van der Waals surface area (Å²) in [5.41, 5.74) is 0.813. The lowest BCUT2D eigenvalue weighted by Gasteiger charge is -2.51. The van der Waals surface area contributed by atoms with Crippen LogP contribution in [0.3, 0.4) is 0 Å². The molecular formula is C29H55N3O2. The highest BCUT2D eigenvalue weighted by Crippen LogP contribution is 2.43. The molecule has 0 amide bonds. The van der Waals surface area contributed by atoms with Crippen LogP contribution < -0.4 is 16.0 Å². The van der Waals surface area contributed by atoms with E-state index in [1.54, 1.807) is 0 Å². The summed E-state index contributed by atoms with van der Waals surface area (Å²) in [7, 11) is 0. The van der Waals surface area contributed by atoms with Gasteiger partial charge in [-0.05, 0) is 105 Å². The van der Waals surface area contributed by atoms with E-state index in [-0.39, 0.29) is 18.2 Å². The summed E-state index contributed by atoms with van der Waals surface area (Å²) in [6.07, 6.45) is 12.6. The van der Waals surface area contributed by atoms with Gasteiger partial charge in [0.25, 0.3) is 0 Å². The van der Waals surface area contributed by atoms with Crippen molar-refractivity contribution in [3.63, 3.8) is 0 Å². The lowest BCUT2D eigenvalue weighted by Crippen LogP contribution is -2.73. The van der Waals surface area contributed by atoms with Gasteiger partial charge in [-0.2, -0.15) is 0 Å². The normalized spacial score (nSPS) is 45.2. The average Bonchev–Trinajstić information content (AvgIpc) is 2.78. The van der Waals surface area contributed by atoms with E-state index in [1.165, 1.54) is 51.4 Å². The van der Waals surface area contributed by atoms with E-state index in [0.717, 1.165) is 24.7 Å². The molecule has 0 bridgehead atoms. The SMILES string of the molecule is CC(C)(C)C1CCC(C2NC(C3CCC(C(C)(C)C)CC3)NC(C3CCC(O)CC3O)N2)CC1. The van der Waals surface area contributed by atoms with Gasteiger partial charge in [0.05, 0.1) is 30.7 Å². The molecule has 0 radical (unpaired) electrons.